The number of aryl methyl sites for hydroxylation is 2. The molecule has 2 aromatic heterocycles. The van der Waals surface area contributed by atoms with Crippen LogP contribution < -0.4 is 10.5 Å². The van der Waals surface area contributed by atoms with Gasteiger partial charge in [-0.05, 0) is 63.4 Å². The molecule has 0 spiro atoms. The molecule has 4 aromatic rings. The van der Waals surface area contributed by atoms with Gasteiger partial charge >= 0.3 is 11.9 Å². The van der Waals surface area contributed by atoms with Crippen LogP contribution in [0.15, 0.2) is 36.4 Å². The molecular formula is C31H40N4O5. The van der Waals surface area contributed by atoms with Crippen LogP contribution in [0.25, 0.3) is 33.5 Å². The van der Waals surface area contributed by atoms with E-state index in [0.717, 1.165) is 65.7 Å². The Labute approximate surface area is 234 Å². The number of imidazole rings is 1. The summed E-state index contributed by atoms with van der Waals surface area (Å²) in [5.74, 6) is 0.167. The number of benzene rings is 2. The average molecular weight is 549 g/mol. The van der Waals surface area contributed by atoms with Gasteiger partial charge in [-0.15, -0.1) is 0 Å². The average Bonchev–Trinajstić information content (AvgIpc) is 3.43. The highest BCUT2D eigenvalue weighted by molar-refractivity contribution is 5.97. The van der Waals surface area contributed by atoms with Gasteiger partial charge < -0.3 is 29.4 Å². The van der Waals surface area contributed by atoms with E-state index < -0.39 is 11.9 Å². The van der Waals surface area contributed by atoms with E-state index in [1.807, 2.05) is 32.4 Å². The van der Waals surface area contributed by atoms with Crippen LogP contribution in [0.4, 0.5) is 0 Å². The number of carboxylic acid groups (broad SMARTS) is 1. The number of nitrogens with two attached hydrogens (primary N) is 1. The molecule has 0 saturated heterocycles. The molecule has 3 N–H and O–H groups in total. The molecule has 0 unspecified atom stereocenters. The van der Waals surface area contributed by atoms with Gasteiger partial charge in [0.05, 0.1) is 30.0 Å². The van der Waals surface area contributed by atoms with Gasteiger partial charge in [-0.3, -0.25) is 4.79 Å². The Morgan fingerprint density at radius 2 is 1.75 bits per heavy atom. The van der Waals surface area contributed by atoms with Crippen molar-refractivity contribution in [1.82, 2.24) is 14.1 Å². The minimum Gasteiger partial charge on any atom is -0.494 e. The van der Waals surface area contributed by atoms with Crippen molar-refractivity contribution >= 4 is 33.9 Å². The number of hydrogen-bond donors (Lipinski definition) is 2. The predicted octanol–water partition coefficient (Wildman–Crippen LogP) is 6.21. The molecule has 214 valence electrons. The van der Waals surface area contributed by atoms with E-state index in [1.165, 1.54) is 0 Å². The number of fused-ring (bicyclic) bond motifs is 2. The van der Waals surface area contributed by atoms with Gasteiger partial charge in [0.15, 0.2) is 5.82 Å². The smallest absolute Gasteiger partial charge is 0.338 e. The van der Waals surface area contributed by atoms with Crippen molar-refractivity contribution in [3.05, 3.63) is 47.5 Å². The number of esters is 1. The lowest BCUT2D eigenvalue weighted by Crippen LogP contribution is -2.11. The Hall–Kier alpha value is -3.85. The molecule has 0 aliphatic rings. The van der Waals surface area contributed by atoms with Crippen molar-refractivity contribution < 1.29 is 24.2 Å². The van der Waals surface area contributed by atoms with Crippen LogP contribution in [0.2, 0.25) is 0 Å². The summed E-state index contributed by atoms with van der Waals surface area (Å²) in [5.41, 5.74) is 11.2. The van der Waals surface area contributed by atoms with Crippen molar-refractivity contribution in [3.8, 4) is 17.3 Å². The number of methoxy groups -OCH3 is 1. The number of rotatable bonds is 13. The summed E-state index contributed by atoms with van der Waals surface area (Å²) >= 11 is 0. The number of carbonyl (C=O) groups excluding carboxylic acids is 1. The minimum atomic E-state index is -0.739. The van der Waals surface area contributed by atoms with E-state index in [2.05, 4.69) is 28.8 Å². The molecule has 0 amide bonds. The van der Waals surface area contributed by atoms with Crippen molar-refractivity contribution in [2.45, 2.75) is 78.0 Å². The molecule has 0 saturated carbocycles. The summed E-state index contributed by atoms with van der Waals surface area (Å²) in [6.45, 7) is 6.40. The zero-order valence-electron chi connectivity index (χ0n) is 24.1. The van der Waals surface area contributed by atoms with Crippen molar-refractivity contribution in [2.24, 2.45) is 12.8 Å². The summed E-state index contributed by atoms with van der Waals surface area (Å²) in [6.07, 6.45) is 4.55. The number of carbonyl (C=O) groups is 2. The second kappa shape index (κ2) is 12.6. The van der Waals surface area contributed by atoms with Gasteiger partial charge in [0.2, 0.25) is 0 Å². The van der Waals surface area contributed by atoms with Gasteiger partial charge in [-0.1, -0.05) is 31.4 Å². The second-order valence-electron chi connectivity index (χ2n) is 10.7. The van der Waals surface area contributed by atoms with Gasteiger partial charge in [0, 0.05) is 37.0 Å². The van der Waals surface area contributed by atoms with E-state index >= 15 is 0 Å². The third-order valence-electron chi connectivity index (χ3n) is 7.19. The fourth-order valence-corrected chi connectivity index (χ4v) is 5.15. The zero-order chi connectivity index (χ0) is 29.0. The normalized spacial score (nSPS) is 12.4. The number of unbranched alkanes of at least 4 members (excludes halogenated alkanes) is 4. The van der Waals surface area contributed by atoms with E-state index in [4.69, 9.17) is 25.3 Å². The van der Waals surface area contributed by atoms with Crippen LogP contribution in [-0.2, 0) is 23.1 Å². The Kier molecular flexibility index (Phi) is 9.14. The lowest BCUT2D eigenvalue weighted by Gasteiger charge is -2.13. The first-order chi connectivity index (χ1) is 19.1. The number of aromatic nitrogens is 3. The maximum Gasteiger partial charge on any atom is 0.338 e. The number of ether oxygens (including phenoxy) is 2. The van der Waals surface area contributed by atoms with Gasteiger partial charge in [-0.25, -0.2) is 9.78 Å². The van der Waals surface area contributed by atoms with Crippen LogP contribution >= 0.6 is 0 Å². The predicted molar refractivity (Wildman–Crippen MR) is 157 cm³/mol. The highest BCUT2D eigenvalue weighted by atomic mass is 16.5. The Morgan fingerprint density at radius 3 is 2.42 bits per heavy atom. The molecular weight excluding hydrogens is 508 g/mol. The minimum absolute atomic E-state index is 0.0885. The highest BCUT2D eigenvalue weighted by Gasteiger charge is 2.22. The molecule has 9 heteroatoms. The van der Waals surface area contributed by atoms with Crippen LogP contribution in [-0.4, -0.2) is 44.4 Å². The first-order valence-corrected chi connectivity index (χ1v) is 14.0. The van der Waals surface area contributed by atoms with Gasteiger partial charge in [-0.2, -0.15) is 0 Å². The number of aliphatic carboxylic acids is 1. The molecule has 0 radical (unpaired) electrons. The Morgan fingerprint density at radius 1 is 1.02 bits per heavy atom. The number of nitrogens with zero attached hydrogens (tertiary/aromatic N) is 3. The van der Waals surface area contributed by atoms with Crippen molar-refractivity contribution in [2.75, 3.05) is 7.11 Å². The van der Waals surface area contributed by atoms with Gasteiger partial charge in [0.25, 0.3) is 0 Å². The fraction of sp³-hybridized carbons (Fsp3) is 0.452. The maximum absolute atomic E-state index is 12.7. The van der Waals surface area contributed by atoms with E-state index in [1.54, 1.807) is 19.2 Å². The molecule has 2 heterocycles. The highest BCUT2D eigenvalue weighted by Crippen LogP contribution is 2.35. The second-order valence-corrected chi connectivity index (χ2v) is 10.7. The quantitative estimate of drug-likeness (QED) is 0.150. The fourth-order valence-electron chi connectivity index (χ4n) is 5.15. The molecule has 9 nitrogen and oxygen atoms in total. The molecule has 0 bridgehead atoms. The zero-order valence-corrected chi connectivity index (χ0v) is 24.1. The Bertz CT molecular complexity index is 1520. The largest absolute Gasteiger partial charge is 0.494 e. The SMILES string of the molecule is COc1cc(C(=O)OC(C)C)cc2nc(-c3cc4ccc([C@@H](C)N)cc4n3CCCCCCCC(=O)O)n(C)c12. The topological polar surface area (TPSA) is 122 Å². The lowest BCUT2D eigenvalue weighted by atomic mass is 10.1. The molecule has 0 aliphatic heterocycles. The molecule has 1 atom stereocenters. The first-order valence-electron chi connectivity index (χ1n) is 14.0. The Balaban J connectivity index is 1.74. The molecule has 4 rings (SSSR count). The maximum atomic E-state index is 12.7. The molecule has 0 aliphatic carbocycles. The molecule has 2 aromatic carbocycles. The summed E-state index contributed by atoms with van der Waals surface area (Å²) in [6, 6.07) is 11.8. The first kappa shape index (κ1) is 29.1. The third kappa shape index (κ3) is 6.31. The summed E-state index contributed by atoms with van der Waals surface area (Å²) in [7, 11) is 3.54. The van der Waals surface area contributed by atoms with E-state index in [0.29, 0.717) is 23.3 Å². The van der Waals surface area contributed by atoms with E-state index in [9.17, 15) is 9.59 Å². The summed E-state index contributed by atoms with van der Waals surface area (Å²) in [5, 5.41) is 9.97. The lowest BCUT2D eigenvalue weighted by molar-refractivity contribution is -0.137. The van der Waals surface area contributed by atoms with Gasteiger partial charge in [0.1, 0.15) is 11.3 Å². The van der Waals surface area contributed by atoms with Crippen LogP contribution in [0.5, 0.6) is 5.75 Å². The van der Waals surface area contributed by atoms with Crippen LogP contribution in [0, 0.1) is 0 Å². The van der Waals surface area contributed by atoms with Crippen molar-refractivity contribution in [3.63, 3.8) is 0 Å². The summed E-state index contributed by atoms with van der Waals surface area (Å²) in [4.78, 5) is 28.5. The molecule has 40 heavy (non-hydrogen) atoms. The molecule has 0 fully saturated rings. The third-order valence-corrected chi connectivity index (χ3v) is 7.19. The number of hydrogen-bond acceptors (Lipinski definition) is 6. The standard InChI is InChI=1S/C31H40N4O5/c1-19(2)40-31(38)23-15-24-29(27(18-23)39-5)34(4)30(33-24)26-17-22-13-12-21(20(3)32)16-25(22)35(26)14-10-8-6-7-9-11-28(36)37/h12-13,15-20H,6-11,14,32H2,1-5H3,(H,36,37)/t20-/m1/s1. The van der Waals surface area contributed by atoms with E-state index in [-0.39, 0.29) is 18.6 Å². The van der Waals surface area contributed by atoms with Crippen LogP contribution in [0.3, 0.4) is 0 Å². The monoisotopic (exact) mass is 548 g/mol. The van der Waals surface area contributed by atoms with Crippen molar-refractivity contribution in [1.29, 1.82) is 0 Å². The number of carboxylic acids is 1. The van der Waals surface area contributed by atoms with Crippen LogP contribution in [0.1, 0.15) is 81.3 Å². The summed E-state index contributed by atoms with van der Waals surface area (Å²) < 4.78 is 15.4.